The molecule has 1 fully saturated rings. The van der Waals surface area contributed by atoms with Gasteiger partial charge in [-0.15, -0.1) is 0 Å². The Hall–Kier alpha value is -1.85. The van der Waals surface area contributed by atoms with Crippen LogP contribution >= 0.6 is 12.2 Å². The van der Waals surface area contributed by atoms with Crippen molar-refractivity contribution >= 4 is 39.5 Å². The van der Waals surface area contributed by atoms with Crippen LogP contribution in [0.15, 0.2) is 30.5 Å². The Kier molecular flexibility index (Phi) is 4.29. The van der Waals surface area contributed by atoms with Crippen LogP contribution in [0.4, 0.5) is 5.69 Å². The zero-order valence-corrected chi connectivity index (χ0v) is 14.9. The molecule has 2 aliphatic rings. The first-order valence-corrected chi connectivity index (χ1v) is 9.25. The zero-order valence-electron chi connectivity index (χ0n) is 14.1. The largest absolute Gasteiger partial charge is 0.363 e. The number of thiocarbonyl (C=S) groups is 1. The molecular weight excluding hydrogens is 316 g/mol. The normalized spacial score (nSPS) is 20.7. The second-order valence-corrected chi connectivity index (χ2v) is 7.08. The van der Waals surface area contributed by atoms with Crippen LogP contribution in [0.2, 0.25) is 0 Å². The number of fused-ring (bicyclic) bond motifs is 2. The summed E-state index contributed by atoms with van der Waals surface area (Å²) < 4.78 is 0. The summed E-state index contributed by atoms with van der Waals surface area (Å²) in [5, 5.41) is 8.35. The van der Waals surface area contributed by atoms with Crippen molar-refractivity contribution in [1.29, 1.82) is 0 Å². The molecular formula is C19H24N4S. The second-order valence-electron chi connectivity index (χ2n) is 6.67. The number of aromatic nitrogens is 1. The van der Waals surface area contributed by atoms with Crippen molar-refractivity contribution < 1.29 is 0 Å². The Balaban J connectivity index is 1.62. The Morgan fingerprint density at radius 1 is 1.42 bits per heavy atom. The van der Waals surface area contributed by atoms with Gasteiger partial charge in [-0.1, -0.05) is 6.08 Å². The molecule has 5 heteroatoms. The molecule has 0 bridgehead atoms. The fourth-order valence-electron chi connectivity index (χ4n) is 3.95. The van der Waals surface area contributed by atoms with Crippen LogP contribution < -0.4 is 10.6 Å². The highest BCUT2D eigenvalue weighted by Crippen LogP contribution is 2.35. The van der Waals surface area contributed by atoms with Gasteiger partial charge in [0.1, 0.15) is 0 Å². The van der Waals surface area contributed by atoms with E-state index in [0.717, 1.165) is 24.8 Å². The van der Waals surface area contributed by atoms with Crippen molar-refractivity contribution in [3.05, 3.63) is 36.0 Å². The van der Waals surface area contributed by atoms with E-state index in [1.165, 1.54) is 47.8 Å². The summed E-state index contributed by atoms with van der Waals surface area (Å²) in [6, 6.07) is 7.13. The summed E-state index contributed by atoms with van der Waals surface area (Å²) >= 11 is 5.30. The van der Waals surface area contributed by atoms with Crippen molar-refractivity contribution in [2.45, 2.75) is 32.2 Å². The third-order valence-corrected chi connectivity index (χ3v) is 5.40. The molecule has 1 unspecified atom stereocenters. The number of nitrogens with zero attached hydrogens (tertiary/aromatic N) is 1. The van der Waals surface area contributed by atoms with Gasteiger partial charge in [0.15, 0.2) is 5.11 Å². The Morgan fingerprint density at radius 2 is 2.33 bits per heavy atom. The molecule has 2 aliphatic heterocycles. The number of hydrogen-bond acceptors (Lipinski definition) is 2. The molecule has 1 aromatic carbocycles. The third-order valence-electron chi connectivity index (χ3n) is 5.15. The van der Waals surface area contributed by atoms with E-state index in [1.807, 2.05) is 6.92 Å². The minimum atomic E-state index is 0.674. The van der Waals surface area contributed by atoms with Crippen LogP contribution in [0.25, 0.3) is 16.5 Å². The summed E-state index contributed by atoms with van der Waals surface area (Å²) in [5.74, 6) is 0. The molecule has 0 aliphatic carbocycles. The van der Waals surface area contributed by atoms with Crippen LogP contribution in [-0.4, -0.2) is 40.7 Å². The summed E-state index contributed by atoms with van der Waals surface area (Å²) in [7, 11) is 0. The summed E-state index contributed by atoms with van der Waals surface area (Å²) in [4.78, 5) is 6.03. The average molecular weight is 340 g/mol. The number of anilines is 1. The summed E-state index contributed by atoms with van der Waals surface area (Å²) in [5.41, 5.74) is 5.04. The molecule has 24 heavy (non-hydrogen) atoms. The Labute approximate surface area is 148 Å². The smallest absolute Gasteiger partial charge is 0.170 e. The maximum absolute atomic E-state index is 5.30. The van der Waals surface area contributed by atoms with Gasteiger partial charge in [0.25, 0.3) is 0 Å². The van der Waals surface area contributed by atoms with Crippen LogP contribution in [-0.2, 0) is 0 Å². The first-order valence-electron chi connectivity index (χ1n) is 8.84. The number of rotatable bonds is 3. The lowest BCUT2D eigenvalue weighted by Gasteiger charge is -2.29. The minimum Gasteiger partial charge on any atom is -0.363 e. The average Bonchev–Trinajstić information content (AvgIpc) is 3.20. The number of H-pyrrole nitrogens is 1. The fraction of sp³-hybridized carbons (Fsp3) is 0.421. The molecule has 0 radical (unpaired) electrons. The molecule has 4 rings (SSSR count). The molecule has 1 aromatic heterocycles. The number of benzene rings is 1. The Bertz CT molecular complexity index is 792. The van der Waals surface area contributed by atoms with Gasteiger partial charge in [0.05, 0.1) is 0 Å². The van der Waals surface area contributed by atoms with E-state index in [1.54, 1.807) is 0 Å². The van der Waals surface area contributed by atoms with Crippen molar-refractivity contribution in [1.82, 2.24) is 15.2 Å². The highest BCUT2D eigenvalue weighted by molar-refractivity contribution is 7.80. The van der Waals surface area contributed by atoms with Gasteiger partial charge in [-0.25, -0.2) is 0 Å². The molecule has 3 N–H and O–H groups in total. The van der Waals surface area contributed by atoms with Gasteiger partial charge >= 0.3 is 0 Å². The van der Waals surface area contributed by atoms with Crippen LogP contribution in [0.1, 0.15) is 31.7 Å². The molecule has 0 spiro atoms. The van der Waals surface area contributed by atoms with E-state index in [4.69, 9.17) is 12.2 Å². The molecule has 1 atom stereocenters. The van der Waals surface area contributed by atoms with Crippen LogP contribution in [0, 0.1) is 0 Å². The lowest BCUT2D eigenvalue weighted by Crippen LogP contribution is -2.32. The minimum absolute atomic E-state index is 0.674. The molecule has 126 valence electrons. The van der Waals surface area contributed by atoms with E-state index in [0.29, 0.717) is 5.11 Å². The van der Waals surface area contributed by atoms with Gasteiger partial charge in [-0.3, -0.25) is 4.90 Å². The van der Waals surface area contributed by atoms with E-state index >= 15 is 0 Å². The first-order chi connectivity index (χ1) is 11.7. The van der Waals surface area contributed by atoms with Crippen molar-refractivity contribution in [3.63, 3.8) is 0 Å². The number of aromatic amines is 1. The van der Waals surface area contributed by atoms with Crippen LogP contribution in [0.5, 0.6) is 0 Å². The molecule has 0 saturated carbocycles. The fourth-order valence-corrected chi connectivity index (χ4v) is 4.21. The topological polar surface area (TPSA) is 43.1 Å². The highest BCUT2D eigenvalue weighted by atomic mass is 32.1. The standard InChI is InChI=1S/C19H24N4S/c1-2-20-19(24)22-14-5-6-18-16(11-14)17(12-21-18)13-7-9-23-8-3-4-15(23)10-13/h5-7,11-12,15,21H,2-4,8-10H2,1H3,(H2,20,22,24). The predicted octanol–water partition coefficient (Wildman–Crippen LogP) is 3.73. The maximum atomic E-state index is 5.30. The van der Waals surface area contributed by atoms with Crippen molar-refractivity contribution in [2.24, 2.45) is 0 Å². The van der Waals surface area contributed by atoms with E-state index in [2.05, 4.69) is 51.0 Å². The molecule has 2 aromatic rings. The zero-order chi connectivity index (χ0) is 16.5. The maximum Gasteiger partial charge on any atom is 0.170 e. The van der Waals surface area contributed by atoms with Gasteiger partial charge in [-0.05, 0) is 68.7 Å². The lowest BCUT2D eigenvalue weighted by molar-refractivity contribution is 0.275. The number of nitrogens with one attached hydrogen (secondary N) is 3. The van der Waals surface area contributed by atoms with E-state index in [9.17, 15) is 0 Å². The quantitative estimate of drug-likeness (QED) is 0.745. The third kappa shape index (κ3) is 2.94. The van der Waals surface area contributed by atoms with Gasteiger partial charge in [-0.2, -0.15) is 0 Å². The highest BCUT2D eigenvalue weighted by Gasteiger charge is 2.28. The number of hydrogen-bond donors (Lipinski definition) is 3. The van der Waals surface area contributed by atoms with E-state index < -0.39 is 0 Å². The summed E-state index contributed by atoms with van der Waals surface area (Å²) in [6.07, 6.45) is 8.42. The van der Waals surface area contributed by atoms with Gasteiger partial charge in [0, 0.05) is 47.5 Å². The van der Waals surface area contributed by atoms with Crippen molar-refractivity contribution in [2.75, 3.05) is 25.0 Å². The molecule has 3 heterocycles. The molecule has 1 saturated heterocycles. The van der Waals surface area contributed by atoms with Crippen LogP contribution in [0.3, 0.4) is 0 Å². The first kappa shape index (κ1) is 15.7. The molecule has 4 nitrogen and oxygen atoms in total. The van der Waals surface area contributed by atoms with Gasteiger partial charge < -0.3 is 15.6 Å². The van der Waals surface area contributed by atoms with E-state index in [-0.39, 0.29) is 0 Å². The lowest BCUT2D eigenvalue weighted by atomic mass is 9.94. The second kappa shape index (κ2) is 6.57. The predicted molar refractivity (Wildman–Crippen MR) is 105 cm³/mol. The molecule has 0 amide bonds. The summed E-state index contributed by atoms with van der Waals surface area (Å²) in [6.45, 7) is 5.23. The van der Waals surface area contributed by atoms with Crippen molar-refractivity contribution in [3.8, 4) is 0 Å². The monoisotopic (exact) mass is 340 g/mol. The SMILES string of the molecule is CCNC(=S)Nc1ccc2[nH]cc(C3=CCN4CCCC4C3)c2c1. The van der Waals surface area contributed by atoms with Gasteiger partial charge in [0.2, 0.25) is 0 Å². The Morgan fingerprint density at radius 3 is 3.21 bits per heavy atom.